The van der Waals surface area contributed by atoms with Crippen LogP contribution >= 0.6 is 11.3 Å². The van der Waals surface area contributed by atoms with E-state index in [1.807, 2.05) is 18.7 Å². The van der Waals surface area contributed by atoms with Crippen LogP contribution < -0.4 is 10.6 Å². The molecule has 1 unspecified atom stereocenters. The molecule has 0 spiro atoms. The number of nitrogens with one attached hydrogen (secondary N) is 2. The molecule has 1 atom stereocenters. The average molecular weight is 411 g/mol. The molecule has 1 fully saturated rings. The Morgan fingerprint density at radius 1 is 1.25 bits per heavy atom. The number of carbonyl (C=O) groups excluding carboxylic acids is 2. The zero-order valence-corrected chi connectivity index (χ0v) is 17.4. The highest BCUT2D eigenvalue weighted by molar-refractivity contribution is 7.15. The van der Waals surface area contributed by atoms with E-state index in [4.69, 9.17) is 5.11 Å². The zero-order chi connectivity index (χ0) is 20.5. The van der Waals surface area contributed by atoms with E-state index in [0.717, 1.165) is 42.8 Å². The lowest BCUT2D eigenvalue weighted by molar-refractivity contribution is -0.137. The van der Waals surface area contributed by atoms with Crippen LogP contribution in [0, 0.1) is 19.8 Å². The second kappa shape index (κ2) is 11.1. The molecule has 156 valence electrons. The summed E-state index contributed by atoms with van der Waals surface area (Å²) in [6, 6.07) is 0. The summed E-state index contributed by atoms with van der Waals surface area (Å²) in [6.07, 6.45) is 4.10. The van der Waals surface area contributed by atoms with Crippen molar-refractivity contribution < 1.29 is 19.5 Å². The van der Waals surface area contributed by atoms with Gasteiger partial charge in [0.25, 0.3) is 0 Å². The molecule has 1 aromatic heterocycles. The van der Waals surface area contributed by atoms with Gasteiger partial charge in [0.2, 0.25) is 11.8 Å². The van der Waals surface area contributed by atoms with E-state index >= 15 is 0 Å². The minimum absolute atomic E-state index is 0.0227. The van der Waals surface area contributed by atoms with E-state index in [0.29, 0.717) is 24.6 Å². The average Bonchev–Trinajstić information content (AvgIpc) is 2.94. The number of anilines is 1. The number of carbonyl (C=O) groups is 3. The number of likely N-dealkylation sites (tertiary alicyclic amines) is 1. The van der Waals surface area contributed by atoms with Gasteiger partial charge in [0, 0.05) is 24.4 Å². The lowest BCUT2D eigenvalue weighted by Gasteiger charge is -2.31. The normalized spacial score (nSPS) is 17.3. The number of carboxylic acids is 1. The molecule has 0 saturated carbocycles. The van der Waals surface area contributed by atoms with Gasteiger partial charge < -0.3 is 15.7 Å². The van der Waals surface area contributed by atoms with Crippen molar-refractivity contribution in [2.45, 2.75) is 52.4 Å². The Kier molecular flexibility index (Phi) is 8.85. The third-order valence-electron chi connectivity index (χ3n) is 4.89. The maximum absolute atomic E-state index is 12.4. The summed E-state index contributed by atoms with van der Waals surface area (Å²) in [4.78, 5) is 42.5. The molecule has 9 heteroatoms. The van der Waals surface area contributed by atoms with Gasteiger partial charge in [-0.15, -0.1) is 11.3 Å². The third kappa shape index (κ3) is 7.55. The van der Waals surface area contributed by atoms with Crippen molar-refractivity contribution in [3.05, 3.63) is 10.6 Å². The second-order valence-corrected chi connectivity index (χ2v) is 8.48. The first-order chi connectivity index (χ1) is 13.3. The molecule has 0 bridgehead atoms. The molecular formula is C19H30N4O4S. The van der Waals surface area contributed by atoms with Crippen molar-refractivity contribution in [3.8, 4) is 0 Å². The number of piperidine rings is 1. The Balaban J connectivity index is 1.68. The van der Waals surface area contributed by atoms with Gasteiger partial charge in [-0.25, -0.2) is 4.98 Å². The molecule has 1 aromatic rings. The van der Waals surface area contributed by atoms with Crippen LogP contribution in [0.1, 0.15) is 49.1 Å². The van der Waals surface area contributed by atoms with Crippen molar-refractivity contribution in [2.24, 2.45) is 5.92 Å². The molecule has 28 heavy (non-hydrogen) atoms. The number of hydrogen-bond donors (Lipinski definition) is 3. The molecule has 0 aliphatic carbocycles. The van der Waals surface area contributed by atoms with Crippen molar-refractivity contribution in [1.29, 1.82) is 0 Å². The summed E-state index contributed by atoms with van der Waals surface area (Å²) in [5.41, 5.74) is 0.929. The summed E-state index contributed by atoms with van der Waals surface area (Å²) >= 11 is 1.47. The highest BCUT2D eigenvalue weighted by Gasteiger charge is 2.26. The maximum atomic E-state index is 12.4. The van der Waals surface area contributed by atoms with E-state index in [1.165, 1.54) is 11.3 Å². The first kappa shape index (κ1) is 22.3. The molecule has 3 N–H and O–H groups in total. The Labute approximate surface area is 169 Å². The van der Waals surface area contributed by atoms with Gasteiger partial charge in [-0.05, 0) is 46.1 Å². The summed E-state index contributed by atoms with van der Waals surface area (Å²) in [5.74, 6) is -0.969. The number of aromatic nitrogens is 1. The van der Waals surface area contributed by atoms with Crippen LogP contribution in [0.25, 0.3) is 0 Å². The molecule has 2 heterocycles. The van der Waals surface area contributed by atoms with Gasteiger partial charge in [0.05, 0.1) is 18.2 Å². The molecule has 0 radical (unpaired) electrons. The van der Waals surface area contributed by atoms with E-state index in [1.54, 1.807) is 0 Å². The van der Waals surface area contributed by atoms with Crippen molar-refractivity contribution in [2.75, 3.05) is 31.5 Å². The molecule has 1 aliphatic heterocycles. The highest BCUT2D eigenvalue weighted by atomic mass is 32.1. The molecule has 1 saturated heterocycles. The predicted octanol–water partition coefficient (Wildman–Crippen LogP) is 2.17. The molecule has 8 nitrogen and oxygen atoms in total. The summed E-state index contributed by atoms with van der Waals surface area (Å²) in [7, 11) is 0. The topological polar surface area (TPSA) is 112 Å². The number of amides is 2. The molecule has 0 aromatic carbocycles. The SMILES string of the molecule is Cc1nc(NC(=O)CN2CCCC(C(=O)NCCCCCC(=O)O)C2)sc1C. The summed E-state index contributed by atoms with van der Waals surface area (Å²) in [5, 5.41) is 15.0. The fraction of sp³-hybridized carbons (Fsp3) is 0.684. The van der Waals surface area contributed by atoms with Crippen LogP contribution in [0.3, 0.4) is 0 Å². The Hall–Kier alpha value is -2.00. The third-order valence-corrected chi connectivity index (χ3v) is 5.87. The summed E-state index contributed by atoms with van der Waals surface area (Å²) in [6.45, 7) is 6.11. The maximum Gasteiger partial charge on any atom is 0.303 e. The number of aliphatic carboxylic acids is 1. The smallest absolute Gasteiger partial charge is 0.303 e. The van der Waals surface area contributed by atoms with E-state index in [2.05, 4.69) is 15.6 Å². The number of hydrogen-bond acceptors (Lipinski definition) is 6. The van der Waals surface area contributed by atoms with Crippen LogP contribution in [0.4, 0.5) is 5.13 Å². The van der Waals surface area contributed by atoms with Crippen LogP contribution in [0.15, 0.2) is 0 Å². The fourth-order valence-corrected chi connectivity index (χ4v) is 4.07. The number of rotatable bonds is 10. The van der Waals surface area contributed by atoms with E-state index in [9.17, 15) is 14.4 Å². The number of nitrogens with zero attached hydrogens (tertiary/aromatic N) is 2. The first-order valence-electron chi connectivity index (χ1n) is 9.81. The molecule has 2 amide bonds. The van der Waals surface area contributed by atoms with Gasteiger partial charge >= 0.3 is 5.97 Å². The van der Waals surface area contributed by atoms with Gasteiger partial charge in [-0.2, -0.15) is 0 Å². The number of carboxylic acid groups (broad SMARTS) is 1. The van der Waals surface area contributed by atoms with Crippen LogP contribution in [-0.4, -0.2) is 59.0 Å². The second-order valence-electron chi connectivity index (χ2n) is 7.28. The number of thiazole rings is 1. The quantitative estimate of drug-likeness (QED) is 0.510. The minimum atomic E-state index is -0.782. The summed E-state index contributed by atoms with van der Waals surface area (Å²) < 4.78 is 0. The lowest BCUT2D eigenvalue weighted by Crippen LogP contribution is -2.45. The van der Waals surface area contributed by atoms with Gasteiger partial charge in [-0.1, -0.05) is 6.42 Å². The van der Waals surface area contributed by atoms with Crippen molar-refractivity contribution in [3.63, 3.8) is 0 Å². The minimum Gasteiger partial charge on any atom is -0.481 e. The standard InChI is InChI=1S/C19H30N4O4S/c1-13-14(2)28-19(21-13)22-16(24)12-23-10-6-7-15(11-23)18(27)20-9-5-3-4-8-17(25)26/h15H,3-12H2,1-2H3,(H,20,27)(H,25,26)(H,21,22,24). The van der Waals surface area contributed by atoms with Gasteiger partial charge in [0.1, 0.15) is 0 Å². The van der Waals surface area contributed by atoms with Crippen molar-refractivity contribution in [1.82, 2.24) is 15.2 Å². The van der Waals surface area contributed by atoms with Gasteiger partial charge in [0.15, 0.2) is 5.13 Å². The van der Waals surface area contributed by atoms with Crippen LogP contribution in [-0.2, 0) is 14.4 Å². The predicted molar refractivity (Wildman–Crippen MR) is 108 cm³/mol. The first-order valence-corrected chi connectivity index (χ1v) is 10.6. The van der Waals surface area contributed by atoms with Crippen LogP contribution in [0.5, 0.6) is 0 Å². The fourth-order valence-electron chi connectivity index (χ4n) is 3.24. The molecule has 2 rings (SSSR count). The Morgan fingerprint density at radius 2 is 2.04 bits per heavy atom. The molecular weight excluding hydrogens is 380 g/mol. The molecule has 1 aliphatic rings. The largest absolute Gasteiger partial charge is 0.481 e. The highest BCUT2D eigenvalue weighted by Crippen LogP contribution is 2.21. The lowest BCUT2D eigenvalue weighted by atomic mass is 9.97. The number of unbranched alkanes of at least 4 members (excludes halogenated alkanes) is 2. The van der Waals surface area contributed by atoms with Gasteiger partial charge in [-0.3, -0.25) is 19.3 Å². The van der Waals surface area contributed by atoms with Crippen molar-refractivity contribution >= 4 is 34.3 Å². The van der Waals surface area contributed by atoms with E-state index < -0.39 is 5.97 Å². The monoisotopic (exact) mass is 410 g/mol. The van der Waals surface area contributed by atoms with E-state index in [-0.39, 0.29) is 30.7 Å². The Bertz CT molecular complexity index is 672. The number of aryl methyl sites for hydroxylation is 2. The Morgan fingerprint density at radius 3 is 2.71 bits per heavy atom. The van der Waals surface area contributed by atoms with Crippen LogP contribution in [0.2, 0.25) is 0 Å². The zero-order valence-electron chi connectivity index (χ0n) is 16.6.